The third-order valence-corrected chi connectivity index (χ3v) is 5.35. The van der Waals surface area contributed by atoms with Gasteiger partial charge in [0.25, 0.3) is 0 Å². The number of nitrogens with one attached hydrogen (secondary N) is 1. The lowest BCUT2D eigenvalue weighted by atomic mass is 10.1. The van der Waals surface area contributed by atoms with Gasteiger partial charge in [-0.3, -0.25) is 0 Å². The highest BCUT2D eigenvalue weighted by atomic mass is 32.1. The second kappa shape index (κ2) is 8.22. The Morgan fingerprint density at radius 3 is 2.29 bits per heavy atom. The zero-order valence-corrected chi connectivity index (χ0v) is 16.8. The molecule has 0 saturated heterocycles. The summed E-state index contributed by atoms with van der Waals surface area (Å²) in [6.07, 6.45) is -4.33. The number of hydrogen-bond donors (Lipinski definition) is 1. The molecule has 0 aliphatic carbocycles. The molecule has 3 rings (SSSR count). The van der Waals surface area contributed by atoms with Crippen molar-refractivity contribution in [3.63, 3.8) is 0 Å². The lowest BCUT2D eigenvalue weighted by Crippen LogP contribution is -2.21. The third-order valence-electron chi connectivity index (χ3n) is 4.59. The number of halogens is 3. The largest absolute Gasteiger partial charge is 0.416 e. The predicted octanol–water partition coefficient (Wildman–Crippen LogP) is 6.73. The molecule has 0 atom stereocenters. The SMILES string of the molecule is CCN(CC)c1ccc(Nc2nc(-c3ccc(C(F)(F)F)cc3)cs2)c(C)c1. The Kier molecular flexibility index (Phi) is 5.93. The minimum Gasteiger partial charge on any atom is -0.372 e. The van der Waals surface area contributed by atoms with Crippen molar-refractivity contribution in [1.82, 2.24) is 4.98 Å². The number of aromatic nitrogens is 1. The van der Waals surface area contributed by atoms with Crippen molar-refractivity contribution in [3.8, 4) is 11.3 Å². The second-order valence-corrected chi connectivity index (χ2v) is 7.27. The lowest BCUT2D eigenvalue weighted by molar-refractivity contribution is -0.137. The maximum atomic E-state index is 12.7. The van der Waals surface area contributed by atoms with Crippen molar-refractivity contribution in [2.24, 2.45) is 0 Å². The highest BCUT2D eigenvalue weighted by Gasteiger charge is 2.30. The maximum Gasteiger partial charge on any atom is 0.416 e. The average Bonchev–Trinajstić information content (AvgIpc) is 3.13. The van der Waals surface area contributed by atoms with E-state index in [9.17, 15) is 13.2 Å². The van der Waals surface area contributed by atoms with Crippen LogP contribution in [0.1, 0.15) is 25.0 Å². The molecular formula is C21H22F3N3S. The van der Waals surface area contributed by atoms with Crippen LogP contribution in [-0.2, 0) is 6.18 Å². The normalized spacial score (nSPS) is 11.5. The number of benzene rings is 2. The van der Waals surface area contributed by atoms with Gasteiger partial charge in [-0.15, -0.1) is 11.3 Å². The van der Waals surface area contributed by atoms with E-state index in [0.717, 1.165) is 36.5 Å². The lowest BCUT2D eigenvalue weighted by Gasteiger charge is -2.22. The van der Waals surface area contributed by atoms with Gasteiger partial charge in [-0.1, -0.05) is 12.1 Å². The summed E-state index contributed by atoms with van der Waals surface area (Å²) in [5.74, 6) is 0. The highest BCUT2D eigenvalue weighted by Crippen LogP contribution is 2.33. The smallest absolute Gasteiger partial charge is 0.372 e. The predicted molar refractivity (Wildman–Crippen MR) is 111 cm³/mol. The number of alkyl halides is 3. The fraction of sp³-hybridized carbons (Fsp3) is 0.286. The first-order chi connectivity index (χ1) is 13.3. The Balaban J connectivity index is 1.76. The summed E-state index contributed by atoms with van der Waals surface area (Å²) in [6.45, 7) is 8.20. The first-order valence-electron chi connectivity index (χ1n) is 9.07. The van der Waals surface area contributed by atoms with E-state index in [1.807, 2.05) is 18.4 Å². The van der Waals surface area contributed by atoms with Crippen LogP contribution in [-0.4, -0.2) is 18.1 Å². The van der Waals surface area contributed by atoms with E-state index in [-0.39, 0.29) is 0 Å². The molecule has 0 unspecified atom stereocenters. The Bertz CT molecular complexity index is 929. The summed E-state index contributed by atoms with van der Waals surface area (Å²) in [4.78, 5) is 6.80. The van der Waals surface area contributed by atoms with Gasteiger partial charge in [-0.25, -0.2) is 4.98 Å². The van der Waals surface area contributed by atoms with Crippen LogP contribution in [0.3, 0.4) is 0 Å². The van der Waals surface area contributed by atoms with E-state index in [1.165, 1.54) is 29.2 Å². The van der Waals surface area contributed by atoms with Crippen molar-refractivity contribution in [2.45, 2.75) is 26.9 Å². The zero-order chi connectivity index (χ0) is 20.3. The maximum absolute atomic E-state index is 12.7. The summed E-state index contributed by atoms with van der Waals surface area (Å²) in [7, 11) is 0. The highest BCUT2D eigenvalue weighted by molar-refractivity contribution is 7.14. The van der Waals surface area contributed by atoms with Crippen molar-refractivity contribution in [2.75, 3.05) is 23.3 Å². The van der Waals surface area contributed by atoms with Crippen LogP contribution in [0.25, 0.3) is 11.3 Å². The van der Waals surface area contributed by atoms with Gasteiger partial charge in [0.2, 0.25) is 0 Å². The molecule has 28 heavy (non-hydrogen) atoms. The number of aryl methyl sites for hydroxylation is 1. The molecule has 3 nitrogen and oxygen atoms in total. The monoisotopic (exact) mass is 405 g/mol. The van der Waals surface area contributed by atoms with Gasteiger partial charge in [-0.05, 0) is 56.7 Å². The number of anilines is 3. The Hall–Kier alpha value is -2.54. The molecule has 148 valence electrons. The Morgan fingerprint density at radius 1 is 1.04 bits per heavy atom. The van der Waals surface area contributed by atoms with Crippen LogP contribution >= 0.6 is 11.3 Å². The minimum atomic E-state index is -4.33. The molecule has 0 bridgehead atoms. The summed E-state index contributed by atoms with van der Waals surface area (Å²) in [5.41, 5.74) is 3.90. The molecule has 3 aromatic rings. The Labute approximate surface area is 166 Å². The van der Waals surface area contributed by atoms with E-state index < -0.39 is 11.7 Å². The van der Waals surface area contributed by atoms with Crippen molar-refractivity contribution in [3.05, 3.63) is 59.0 Å². The van der Waals surface area contributed by atoms with Crippen LogP contribution in [0.5, 0.6) is 0 Å². The van der Waals surface area contributed by atoms with Crippen molar-refractivity contribution < 1.29 is 13.2 Å². The van der Waals surface area contributed by atoms with Gasteiger partial charge in [0.05, 0.1) is 11.3 Å². The summed E-state index contributed by atoms with van der Waals surface area (Å²) >= 11 is 1.42. The summed E-state index contributed by atoms with van der Waals surface area (Å²) in [5, 5.41) is 5.85. The van der Waals surface area contributed by atoms with Crippen LogP contribution in [0.4, 0.5) is 29.7 Å². The van der Waals surface area contributed by atoms with E-state index in [1.54, 1.807) is 0 Å². The van der Waals surface area contributed by atoms with E-state index in [4.69, 9.17) is 0 Å². The van der Waals surface area contributed by atoms with Crippen LogP contribution in [0.15, 0.2) is 47.8 Å². The van der Waals surface area contributed by atoms with Gasteiger partial charge in [0.15, 0.2) is 5.13 Å². The topological polar surface area (TPSA) is 28.2 Å². The second-order valence-electron chi connectivity index (χ2n) is 6.41. The van der Waals surface area contributed by atoms with Gasteiger partial charge in [0, 0.05) is 35.4 Å². The summed E-state index contributed by atoms with van der Waals surface area (Å²) < 4.78 is 38.1. The molecule has 0 aliphatic heterocycles. The first kappa shape index (κ1) is 20.2. The molecule has 1 heterocycles. The van der Waals surface area contributed by atoms with Crippen LogP contribution in [0, 0.1) is 6.92 Å². The molecule has 0 saturated carbocycles. The zero-order valence-electron chi connectivity index (χ0n) is 16.0. The van der Waals surface area contributed by atoms with Gasteiger partial charge in [-0.2, -0.15) is 13.2 Å². The van der Waals surface area contributed by atoms with Crippen LogP contribution in [0.2, 0.25) is 0 Å². The molecule has 0 aliphatic rings. The molecule has 0 radical (unpaired) electrons. The fourth-order valence-corrected chi connectivity index (χ4v) is 3.71. The van der Waals surface area contributed by atoms with Gasteiger partial charge < -0.3 is 10.2 Å². The number of rotatable bonds is 6. The number of hydrogen-bond acceptors (Lipinski definition) is 4. The molecule has 2 aromatic carbocycles. The molecule has 0 fully saturated rings. The van der Waals surface area contributed by atoms with Crippen molar-refractivity contribution in [1.29, 1.82) is 0 Å². The molecule has 0 spiro atoms. The quantitative estimate of drug-likeness (QED) is 0.493. The molecule has 1 N–H and O–H groups in total. The van der Waals surface area contributed by atoms with Gasteiger partial charge in [0.1, 0.15) is 0 Å². The van der Waals surface area contributed by atoms with Crippen molar-refractivity contribution >= 4 is 27.8 Å². The first-order valence-corrected chi connectivity index (χ1v) is 9.95. The minimum absolute atomic E-state index is 0.652. The number of nitrogens with zero attached hydrogens (tertiary/aromatic N) is 2. The number of thiazole rings is 1. The molecule has 1 aromatic heterocycles. The van der Waals surface area contributed by atoms with E-state index >= 15 is 0 Å². The molecule has 7 heteroatoms. The van der Waals surface area contributed by atoms with Gasteiger partial charge >= 0.3 is 6.18 Å². The molecular weight excluding hydrogens is 383 g/mol. The average molecular weight is 405 g/mol. The van der Waals surface area contributed by atoms with E-state index in [0.29, 0.717) is 16.4 Å². The molecule has 0 amide bonds. The van der Waals surface area contributed by atoms with E-state index in [2.05, 4.69) is 41.2 Å². The fourth-order valence-electron chi connectivity index (χ4n) is 2.98. The Morgan fingerprint density at radius 2 is 1.71 bits per heavy atom. The standard InChI is InChI=1S/C21H22F3N3S/c1-4-27(5-2)17-10-11-18(14(3)12-17)25-20-26-19(13-28-20)15-6-8-16(9-7-15)21(22,23)24/h6-13H,4-5H2,1-3H3,(H,25,26). The van der Waals surface area contributed by atoms with Crippen LogP contribution < -0.4 is 10.2 Å². The summed E-state index contributed by atoms with van der Waals surface area (Å²) in [6, 6.07) is 11.3. The third kappa shape index (κ3) is 4.47.